The number of likely N-dealkylation sites (tertiary alicyclic amines) is 2. The number of nitrogens with zero attached hydrogens (tertiary/aromatic N) is 2. The van der Waals surface area contributed by atoms with Gasteiger partial charge in [-0.2, -0.15) is 0 Å². The van der Waals surface area contributed by atoms with Gasteiger partial charge < -0.3 is 15.5 Å². The molecule has 0 bridgehead atoms. The smallest absolute Gasteiger partial charge is 0.248 e. The third kappa shape index (κ3) is 4.62. The molecule has 26 heavy (non-hydrogen) atoms. The maximum absolute atomic E-state index is 12.6. The Balaban J connectivity index is 1.53. The predicted octanol–water partition coefficient (Wildman–Crippen LogP) is 1.58. The van der Waals surface area contributed by atoms with Gasteiger partial charge in [0.1, 0.15) is 0 Å². The van der Waals surface area contributed by atoms with Crippen LogP contribution in [0, 0.1) is 5.92 Å². The fourth-order valence-electron chi connectivity index (χ4n) is 3.88. The molecule has 2 N–H and O–H groups in total. The van der Waals surface area contributed by atoms with E-state index in [0.717, 1.165) is 44.2 Å². The molecule has 0 radical (unpaired) electrons. The minimum Gasteiger partial charge on any atom is -0.366 e. The Bertz CT molecular complexity index is 689. The second-order valence-electron chi connectivity index (χ2n) is 7.39. The Kier molecular flexibility index (Phi) is 5.91. The van der Waals surface area contributed by atoms with Gasteiger partial charge >= 0.3 is 0 Å². The van der Waals surface area contributed by atoms with Gasteiger partial charge in [-0.25, -0.2) is 0 Å². The van der Waals surface area contributed by atoms with Gasteiger partial charge in [-0.15, -0.1) is 0 Å². The summed E-state index contributed by atoms with van der Waals surface area (Å²) in [7, 11) is 0. The van der Waals surface area contributed by atoms with Crippen LogP contribution in [-0.4, -0.2) is 53.7 Å². The Morgan fingerprint density at radius 3 is 2.81 bits per heavy atom. The largest absolute Gasteiger partial charge is 0.366 e. The van der Waals surface area contributed by atoms with Crippen molar-refractivity contribution in [1.82, 2.24) is 9.80 Å². The van der Waals surface area contributed by atoms with Crippen LogP contribution >= 0.6 is 0 Å². The maximum atomic E-state index is 12.6. The third-order valence-electron chi connectivity index (χ3n) is 5.37. The topological polar surface area (TPSA) is 83.7 Å². The monoisotopic (exact) mass is 357 g/mol. The highest BCUT2D eigenvalue weighted by atomic mass is 16.2. The lowest BCUT2D eigenvalue weighted by Gasteiger charge is -2.24. The van der Waals surface area contributed by atoms with E-state index in [0.29, 0.717) is 31.0 Å². The zero-order valence-electron chi connectivity index (χ0n) is 15.2. The third-order valence-corrected chi connectivity index (χ3v) is 5.37. The van der Waals surface area contributed by atoms with Crippen molar-refractivity contribution >= 4 is 17.7 Å². The number of rotatable bonds is 5. The minimum atomic E-state index is -0.419. The Morgan fingerprint density at radius 1 is 1.15 bits per heavy atom. The summed E-state index contributed by atoms with van der Waals surface area (Å²) in [6.07, 6.45) is 5.31. The zero-order chi connectivity index (χ0) is 18.5. The van der Waals surface area contributed by atoms with E-state index >= 15 is 0 Å². The molecule has 1 atom stereocenters. The van der Waals surface area contributed by atoms with E-state index in [1.54, 1.807) is 11.0 Å². The number of benzene rings is 1. The van der Waals surface area contributed by atoms with E-state index in [1.165, 1.54) is 0 Å². The van der Waals surface area contributed by atoms with E-state index in [1.807, 2.05) is 23.1 Å². The SMILES string of the molecule is NC(=O)c1cccc(C[C@@H]2CCN(C(=O)CN3CCCCCC3=O)C2)c1. The van der Waals surface area contributed by atoms with Crippen LogP contribution < -0.4 is 5.73 Å². The van der Waals surface area contributed by atoms with Gasteiger partial charge in [-0.05, 0) is 49.3 Å². The highest BCUT2D eigenvalue weighted by Gasteiger charge is 2.28. The van der Waals surface area contributed by atoms with E-state index < -0.39 is 5.91 Å². The summed E-state index contributed by atoms with van der Waals surface area (Å²) in [5.41, 5.74) is 6.93. The van der Waals surface area contributed by atoms with Crippen LogP contribution in [0.5, 0.6) is 0 Å². The molecule has 0 aliphatic carbocycles. The van der Waals surface area contributed by atoms with Crippen LogP contribution in [0.25, 0.3) is 0 Å². The molecule has 0 aromatic heterocycles. The van der Waals surface area contributed by atoms with E-state index in [4.69, 9.17) is 5.73 Å². The molecule has 2 aliphatic rings. The molecule has 3 amide bonds. The van der Waals surface area contributed by atoms with Gasteiger partial charge in [-0.3, -0.25) is 14.4 Å². The molecule has 0 unspecified atom stereocenters. The van der Waals surface area contributed by atoms with Crippen molar-refractivity contribution in [1.29, 1.82) is 0 Å². The van der Waals surface area contributed by atoms with Gasteiger partial charge in [-0.1, -0.05) is 18.6 Å². The van der Waals surface area contributed by atoms with Crippen molar-refractivity contribution in [2.45, 2.75) is 38.5 Å². The van der Waals surface area contributed by atoms with E-state index in [9.17, 15) is 14.4 Å². The Labute approximate surface area is 154 Å². The lowest BCUT2D eigenvalue weighted by atomic mass is 9.97. The first-order valence-corrected chi connectivity index (χ1v) is 9.47. The Morgan fingerprint density at radius 2 is 2.00 bits per heavy atom. The normalized spacial score (nSPS) is 20.9. The second kappa shape index (κ2) is 8.34. The van der Waals surface area contributed by atoms with Gasteiger partial charge in [0, 0.05) is 31.6 Å². The van der Waals surface area contributed by atoms with Crippen molar-refractivity contribution in [2.24, 2.45) is 11.7 Å². The van der Waals surface area contributed by atoms with Crippen molar-refractivity contribution in [2.75, 3.05) is 26.2 Å². The maximum Gasteiger partial charge on any atom is 0.248 e. The van der Waals surface area contributed by atoms with Crippen molar-refractivity contribution in [3.8, 4) is 0 Å². The first-order valence-electron chi connectivity index (χ1n) is 9.47. The molecule has 1 aromatic rings. The van der Waals surface area contributed by atoms with E-state index in [2.05, 4.69) is 0 Å². The molecule has 3 rings (SSSR count). The van der Waals surface area contributed by atoms with Crippen molar-refractivity contribution in [3.63, 3.8) is 0 Å². The molecule has 6 heteroatoms. The highest BCUT2D eigenvalue weighted by Crippen LogP contribution is 2.22. The molecule has 6 nitrogen and oxygen atoms in total. The summed E-state index contributed by atoms with van der Waals surface area (Å²) in [6, 6.07) is 7.39. The summed E-state index contributed by atoms with van der Waals surface area (Å²) >= 11 is 0. The van der Waals surface area contributed by atoms with Crippen LogP contribution in [0.3, 0.4) is 0 Å². The molecule has 0 saturated carbocycles. The van der Waals surface area contributed by atoms with Crippen LogP contribution in [0.4, 0.5) is 0 Å². The fraction of sp³-hybridized carbons (Fsp3) is 0.550. The molecule has 1 aromatic carbocycles. The number of hydrogen-bond acceptors (Lipinski definition) is 3. The average molecular weight is 357 g/mol. The average Bonchev–Trinajstić information content (AvgIpc) is 2.99. The van der Waals surface area contributed by atoms with Crippen LogP contribution in [-0.2, 0) is 16.0 Å². The number of amides is 3. The second-order valence-corrected chi connectivity index (χ2v) is 7.39. The fourth-order valence-corrected chi connectivity index (χ4v) is 3.88. The van der Waals surface area contributed by atoms with E-state index in [-0.39, 0.29) is 18.4 Å². The quantitative estimate of drug-likeness (QED) is 0.868. The first kappa shape index (κ1) is 18.4. The van der Waals surface area contributed by atoms with Gasteiger partial charge in [0.05, 0.1) is 6.54 Å². The van der Waals surface area contributed by atoms with Crippen LogP contribution in [0.2, 0.25) is 0 Å². The minimum absolute atomic E-state index is 0.0497. The van der Waals surface area contributed by atoms with Crippen molar-refractivity contribution < 1.29 is 14.4 Å². The van der Waals surface area contributed by atoms with Gasteiger partial charge in [0.2, 0.25) is 17.7 Å². The molecule has 2 saturated heterocycles. The van der Waals surface area contributed by atoms with Crippen LogP contribution in [0.1, 0.15) is 48.0 Å². The number of nitrogens with two attached hydrogens (primary N) is 1. The van der Waals surface area contributed by atoms with Crippen LogP contribution in [0.15, 0.2) is 24.3 Å². The summed E-state index contributed by atoms with van der Waals surface area (Å²) in [5.74, 6) is 0.114. The van der Waals surface area contributed by atoms with Crippen molar-refractivity contribution in [3.05, 3.63) is 35.4 Å². The predicted molar refractivity (Wildman–Crippen MR) is 98.4 cm³/mol. The molecule has 2 fully saturated rings. The zero-order valence-corrected chi connectivity index (χ0v) is 15.2. The summed E-state index contributed by atoms with van der Waals surface area (Å²) in [6.45, 7) is 2.35. The molecular formula is C20H27N3O3. The standard InChI is InChI=1S/C20H27N3O3/c21-20(26)17-6-4-5-15(12-17)11-16-8-10-23(13-16)19(25)14-22-9-3-1-2-7-18(22)24/h4-6,12,16H,1-3,7-11,13-14H2,(H2,21,26)/t16-/m0/s1. The highest BCUT2D eigenvalue weighted by molar-refractivity contribution is 5.92. The lowest BCUT2D eigenvalue weighted by Crippen LogP contribution is -2.42. The summed E-state index contributed by atoms with van der Waals surface area (Å²) < 4.78 is 0. The number of primary amides is 1. The Hall–Kier alpha value is -2.37. The number of carbonyl (C=O) groups is 3. The van der Waals surface area contributed by atoms with Gasteiger partial charge in [0.15, 0.2) is 0 Å². The molecule has 2 aliphatic heterocycles. The molecular weight excluding hydrogens is 330 g/mol. The van der Waals surface area contributed by atoms with Gasteiger partial charge in [0.25, 0.3) is 0 Å². The number of hydrogen-bond donors (Lipinski definition) is 1. The summed E-state index contributed by atoms with van der Waals surface area (Å²) in [5, 5.41) is 0. The first-order chi connectivity index (χ1) is 12.5. The number of carbonyl (C=O) groups excluding carboxylic acids is 3. The lowest BCUT2D eigenvalue weighted by molar-refractivity contribution is -0.139. The molecule has 0 spiro atoms. The molecule has 2 heterocycles. The molecule has 140 valence electrons. The summed E-state index contributed by atoms with van der Waals surface area (Å²) in [4.78, 5) is 39.6.